The van der Waals surface area contributed by atoms with Gasteiger partial charge in [-0.05, 0) is 46.5 Å². The molecule has 2 aromatic rings. The van der Waals surface area contributed by atoms with E-state index in [1.165, 1.54) is 48.5 Å². The summed E-state index contributed by atoms with van der Waals surface area (Å²) in [5.74, 6) is -3.33. The molecule has 2 aromatic carbocycles. The SMILES string of the molecule is NS(=O)(=O)c1ccc(C2=C(c3ccc(F)cc3)CC(F)(F)C2)cc1. The van der Waals surface area contributed by atoms with E-state index >= 15 is 0 Å². The Morgan fingerprint density at radius 3 is 1.67 bits per heavy atom. The van der Waals surface area contributed by atoms with Crippen molar-refractivity contribution in [3.05, 3.63) is 65.5 Å². The van der Waals surface area contributed by atoms with Crippen LogP contribution in [0.15, 0.2) is 53.4 Å². The Labute approximate surface area is 137 Å². The number of allylic oxidation sites excluding steroid dienone is 2. The zero-order valence-corrected chi connectivity index (χ0v) is 13.3. The van der Waals surface area contributed by atoms with Crippen LogP contribution in [0.1, 0.15) is 24.0 Å². The summed E-state index contributed by atoms with van der Waals surface area (Å²) in [5, 5.41) is 5.04. The van der Waals surface area contributed by atoms with Gasteiger partial charge >= 0.3 is 0 Å². The smallest absolute Gasteiger partial charge is 0.225 e. The predicted molar refractivity (Wildman–Crippen MR) is 85.2 cm³/mol. The Morgan fingerprint density at radius 1 is 0.833 bits per heavy atom. The molecule has 0 bridgehead atoms. The standard InChI is InChI=1S/C17H14F3NO2S/c18-13-5-1-11(2-6-13)15-9-17(19,20)10-16(15)12-3-7-14(8-4-12)24(21,22)23/h1-8H,9-10H2,(H2,21,22,23). The minimum absolute atomic E-state index is 0.0834. The Balaban J connectivity index is 2.07. The Bertz CT molecular complexity index is 902. The van der Waals surface area contributed by atoms with Crippen molar-refractivity contribution in [3.63, 3.8) is 0 Å². The lowest BCUT2D eigenvalue weighted by molar-refractivity contribution is 0.0187. The minimum atomic E-state index is -3.84. The third-order valence-electron chi connectivity index (χ3n) is 3.96. The molecule has 0 spiro atoms. The van der Waals surface area contributed by atoms with Crippen molar-refractivity contribution in [2.75, 3.05) is 0 Å². The number of halogens is 3. The first-order valence-corrected chi connectivity index (χ1v) is 8.69. The average Bonchev–Trinajstić information content (AvgIpc) is 2.83. The van der Waals surface area contributed by atoms with Gasteiger partial charge in [0.25, 0.3) is 5.92 Å². The largest absolute Gasteiger partial charge is 0.256 e. The van der Waals surface area contributed by atoms with E-state index in [9.17, 15) is 21.6 Å². The molecular formula is C17H14F3NO2S. The maximum absolute atomic E-state index is 13.9. The number of benzene rings is 2. The number of nitrogens with two attached hydrogens (primary N) is 1. The van der Waals surface area contributed by atoms with E-state index in [-0.39, 0.29) is 4.90 Å². The van der Waals surface area contributed by atoms with E-state index in [2.05, 4.69) is 0 Å². The normalized spacial score (nSPS) is 17.3. The second-order valence-electron chi connectivity index (χ2n) is 5.74. The van der Waals surface area contributed by atoms with E-state index < -0.39 is 34.6 Å². The van der Waals surface area contributed by atoms with Crippen LogP contribution >= 0.6 is 0 Å². The van der Waals surface area contributed by atoms with Gasteiger partial charge in [-0.3, -0.25) is 0 Å². The highest BCUT2D eigenvalue weighted by molar-refractivity contribution is 7.89. The summed E-state index contributed by atoms with van der Waals surface area (Å²) in [4.78, 5) is -0.0834. The fourth-order valence-corrected chi connectivity index (χ4v) is 3.36. The molecule has 0 aliphatic heterocycles. The van der Waals surface area contributed by atoms with Gasteiger partial charge < -0.3 is 0 Å². The molecule has 126 valence electrons. The molecule has 7 heteroatoms. The van der Waals surface area contributed by atoms with Crippen molar-refractivity contribution in [1.29, 1.82) is 0 Å². The van der Waals surface area contributed by atoms with Crippen molar-refractivity contribution in [2.24, 2.45) is 5.14 Å². The number of rotatable bonds is 3. The van der Waals surface area contributed by atoms with Crippen LogP contribution in [0.3, 0.4) is 0 Å². The van der Waals surface area contributed by atoms with E-state index in [0.29, 0.717) is 22.3 Å². The predicted octanol–water partition coefficient (Wildman–Crippen LogP) is 3.81. The monoisotopic (exact) mass is 353 g/mol. The molecule has 0 radical (unpaired) electrons. The molecule has 0 amide bonds. The van der Waals surface area contributed by atoms with Gasteiger partial charge in [-0.1, -0.05) is 24.3 Å². The first-order valence-electron chi connectivity index (χ1n) is 7.15. The quantitative estimate of drug-likeness (QED) is 0.912. The molecule has 3 rings (SSSR count). The Morgan fingerprint density at radius 2 is 1.25 bits per heavy atom. The van der Waals surface area contributed by atoms with Crippen LogP contribution in [-0.2, 0) is 10.0 Å². The molecule has 1 aliphatic carbocycles. The summed E-state index contributed by atoms with van der Waals surface area (Å²) in [6.45, 7) is 0. The first-order chi connectivity index (χ1) is 11.2. The van der Waals surface area contributed by atoms with E-state index in [1.54, 1.807) is 0 Å². The van der Waals surface area contributed by atoms with Crippen molar-refractivity contribution >= 4 is 21.2 Å². The molecular weight excluding hydrogens is 339 g/mol. The highest BCUT2D eigenvalue weighted by Crippen LogP contribution is 2.48. The van der Waals surface area contributed by atoms with Crippen molar-refractivity contribution in [1.82, 2.24) is 0 Å². The molecule has 24 heavy (non-hydrogen) atoms. The lowest BCUT2D eigenvalue weighted by Crippen LogP contribution is -2.12. The highest BCUT2D eigenvalue weighted by Gasteiger charge is 2.39. The van der Waals surface area contributed by atoms with Crippen LogP contribution < -0.4 is 5.14 Å². The second-order valence-corrected chi connectivity index (χ2v) is 7.30. The zero-order chi connectivity index (χ0) is 17.5. The number of sulfonamides is 1. The molecule has 0 heterocycles. The minimum Gasteiger partial charge on any atom is -0.225 e. The molecule has 0 saturated carbocycles. The molecule has 1 aliphatic rings. The summed E-state index contributed by atoms with van der Waals surface area (Å²) in [5.41, 5.74) is 1.88. The average molecular weight is 353 g/mol. The molecule has 2 N–H and O–H groups in total. The molecule has 0 atom stereocenters. The van der Waals surface area contributed by atoms with Crippen LogP contribution in [0.2, 0.25) is 0 Å². The zero-order valence-electron chi connectivity index (χ0n) is 12.5. The first kappa shape index (κ1) is 16.7. The molecule has 0 saturated heterocycles. The third kappa shape index (κ3) is 3.37. The number of primary sulfonamides is 1. The van der Waals surface area contributed by atoms with Crippen LogP contribution in [0.5, 0.6) is 0 Å². The van der Waals surface area contributed by atoms with Gasteiger partial charge in [-0.25, -0.2) is 26.7 Å². The van der Waals surface area contributed by atoms with Gasteiger partial charge in [0, 0.05) is 12.8 Å². The maximum atomic E-state index is 13.9. The van der Waals surface area contributed by atoms with Gasteiger partial charge in [0.05, 0.1) is 4.90 Å². The highest BCUT2D eigenvalue weighted by atomic mass is 32.2. The van der Waals surface area contributed by atoms with Gasteiger partial charge in [-0.2, -0.15) is 0 Å². The van der Waals surface area contributed by atoms with Crippen LogP contribution in [-0.4, -0.2) is 14.3 Å². The fourth-order valence-electron chi connectivity index (χ4n) is 2.84. The molecule has 3 nitrogen and oxygen atoms in total. The lowest BCUT2D eigenvalue weighted by atomic mass is 9.97. The van der Waals surface area contributed by atoms with Crippen LogP contribution in [0.4, 0.5) is 13.2 Å². The van der Waals surface area contributed by atoms with E-state index in [4.69, 9.17) is 5.14 Å². The molecule has 0 aromatic heterocycles. The molecule has 0 unspecified atom stereocenters. The fraction of sp³-hybridized carbons (Fsp3) is 0.176. The van der Waals surface area contributed by atoms with Gasteiger partial charge in [-0.15, -0.1) is 0 Å². The Kier molecular flexibility index (Phi) is 4.01. The topological polar surface area (TPSA) is 60.2 Å². The van der Waals surface area contributed by atoms with Crippen molar-refractivity contribution in [3.8, 4) is 0 Å². The maximum Gasteiger partial charge on any atom is 0.256 e. The lowest BCUT2D eigenvalue weighted by Gasteiger charge is -2.08. The summed E-state index contributed by atoms with van der Waals surface area (Å²) in [6, 6.07) is 10.9. The van der Waals surface area contributed by atoms with Crippen LogP contribution in [0, 0.1) is 5.82 Å². The Hall–Kier alpha value is -2.12. The van der Waals surface area contributed by atoms with E-state index in [1.807, 2.05) is 0 Å². The third-order valence-corrected chi connectivity index (χ3v) is 4.89. The number of hydrogen-bond acceptors (Lipinski definition) is 2. The van der Waals surface area contributed by atoms with E-state index in [0.717, 1.165) is 0 Å². The summed E-state index contributed by atoms with van der Waals surface area (Å²) in [7, 11) is -3.84. The van der Waals surface area contributed by atoms with Crippen LogP contribution in [0.25, 0.3) is 11.1 Å². The van der Waals surface area contributed by atoms with Gasteiger partial charge in [0.15, 0.2) is 0 Å². The second kappa shape index (κ2) is 5.75. The number of alkyl halides is 2. The number of hydrogen-bond donors (Lipinski definition) is 1. The van der Waals surface area contributed by atoms with Gasteiger partial charge in [0.2, 0.25) is 10.0 Å². The van der Waals surface area contributed by atoms with Crippen molar-refractivity contribution in [2.45, 2.75) is 23.7 Å². The molecule has 0 fully saturated rings. The summed E-state index contributed by atoms with van der Waals surface area (Å²) < 4.78 is 63.5. The van der Waals surface area contributed by atoms with Crippen molar-refractivity contribution < 1.29 is 21.6 Å². The van der Waals surface area contributed by atoms with Gasteiger partial charge in [0.1, 0.15) is 5.82 Å². The summed E-state index contributed by atoms with van der Waals surface area (Å²) >= 11 is 0. The summed E-state index contributed by atoms with van der Waals surface area (Å²) in [6.07, 6.45) is -0.890.